The number of hydrogen-bond donors (Lipinski definition) is 2. The van der Waals surface area contributed by atoms with Crippen LogP contribution in [0.4, 0.5) is 5.69 Å². The number of Topliss-reactive ketones (excluding diaryl/α,β-unsaturated/α-hetero) is 1. The zero-order chi connectivity index (χ0) is 20.3. The SMILES string of the molecule is CC(=O)c1ccc(NC(=O)C(C)OC(=O)c2cc3ccccc3cc2O)cc1. The number of ketones is 1. The Kier molecular flexibility index (Phi) is 5.40. The molecule has 1 unspecified atom stereocenters. The summed E-state index contributed by atoms with van der Waals surface area (Å²) in [5.41, 5.74) is 1.000. The molecule has 3 rings (SSSR count). The van der Waals surface area contributed by atoms with Gasteiger partial charge in [0.05, 0.1) is 0 Å². The fourth-order valence-electron chi connectivity index (χ4n) is 2.70. The Morgan fingerprint density at radius 1 is 0.964 bits per heavy atom. The Morgan fingerprint density at radius 2 is 1.57 bits per heavy atom. The van der Waals surface area contributed by atoms with E-state index in [1.165, 1.54) is 26.0 Å². The van der Waals surface area contributed by atoms with Crippen LogP contribution >= 0.6 is 0 Å². The summed E-state index contributed by atoms with van der Waals surface area (Å²) in [6.45, 7) is 2.90. The van der Waals surface area contributed by atoms with E-state index in [1.54, 1.807) is 24.3 Å². The van der Waals surface area contributed by atoms with E-state index >= 15 is 0 Å². The monoisotopic (exact) mass is 377 g/mol. The summed E-state index contributed by atoms with van der Waals surface area (Å²) >= 11 is 0. The van der Waals surface area contributed by atoms with Crippen molar-refractivity contribution in [2.45, 2.75) is 20.0 Å². The minimum atomic E-state index is -1.08. The molecule has 2 N–H and O–H groups in total. The van der Waals surface area contributed by atoms with Crippen LogP contribution < -0.4 is 5.32 Å². The Balaban J connectivity index is 1.68. The molecule has 0 spiro atoms. The molecule has 1 atom stereocenters. The number of anilines is 1. The highest BCUT2D eigenvalue weighted by Crippen LogP contribution is 2.26. The number of aromatic hydroxyl groups is 1. The van der Waals surface area contributed by atoms with Crippen LogP contribution in [0.1, 0.15) is 34.6 Å². The first-order valence-corrected chi connectivity index (χ1v) is 8.70. The minimum absolute atomic E-state index is 0.0100. The van der Waals surface area contributed by atoms with Crippen molar-refractivity contribution < 1.29 is 24.2 Å². The highest BCUT2D eigenvalue weighted by molar-refractivity contribution is 6.01. The van der Waals surface area contributed by atoms with Crippen LogP contribution in [0.3, 0.4) is 0 Å². The Labute approximate surface area is 161 Å². The quantitative estimate of drug-likeness (QED) is 0.519. The van der Waals surface area contributed by atoms with Gasteiger partial charge in [-0.25, -0.2) is 4.79 Å². The minimum Gasteiger partial charge on any atom is -0.507 e. The zero-order valence-electron chi connectivity index (χ0n) is 15.4. The summed E-state index contributed by atoms with van der Waals surface area (Å²) in [7, 11) is 0. The van der Waals surface area contributed by atoms with Crippen LogP contribution in [-0.4, -0.2) is 28.9 Å². The molecule has 3 aromatic rings. The molecular formula is C22H19NO5. The van der Waals surface area contributed by atoms with Crippen LogP contribution in [0, 0.1) is 0 Å². The first-order valence-electron chi connectivity index (χ1n) is 8.70. The highest BCUT2D eigenvalue weighted by Gasteiger charge is 2.21. The topological polar surface area (TPSA) is 92.7 Å². The highest BCUT2D eigenvalue weighted by atomic mass is 16.5. The number of phenolic OH excluding ortho intramolecular Hbond substituents is 1. The predicted molar refractivity (Wildman–Crippen MR) is 106 cm³/mol. The van der Waals surface area contributed by atoms with E-state index < -0.39 is 18.0 Å². The van der Waals surface area contributed by atoms with E-state index in [0.29, 0.717) is 11.3 Å². The zero-order valence-corrected chi connectivity index (χ0v) is 15.4. The second-order valence-electron chi connectivity index (χ2n) is 6.39. The van der Waals surface area contributed by atoms with Gasteiger partial charge < -0.3 is 15.2 Å². The standard InChI is InChI=1S/C22H19NO5/c1-13(24)15-7-9-18(10-8-15)23-21(26)14(2)28-22(27)19-11-16-5-3-4-6-17(16)12-20(19)25/h3-12,14,25H,1-2H3,(H,23,26). The van der Waals surface area contributed by atoms with Gasteiger partial charge in [0.25, 0.3) is 5.91 Å². The van der Waals surface area contributed by atoms with Gasteiger partial charge in [-0.15, -0.1) is 0 Å². The molecule has 6 nitrogen and oxygen atoms in total. The Bertz CT molecular complexity index is 1060. The second kappa shape index (κ2) is 7.92. The van der Waals surface area contributed by atoms with Gasteiger partial charge in [-0.1, -0.05) is 24.3 Å². The fraction of sp³-hybridized carbons (Fsp3) is 0.136. The lowest BCUT2D eigenvalue weighted by atomic mass is 10.1. The van der Waals surface area contributed by atoms with Crippen molar-refractivity contribution in [3.8, 4) is 5.75 Å². The predicted octanol–water partition coefficient (Wildman–Crippen LogP) is 3.93. The Morgan fingerprint density at radius 3 is 2.18 bits per heavy atom. The normalized spacial score (nSPS) is 11.6. The Hall–Kier alpha value is -3.67. The van der Waals surface area contributed by atoms with E-state index in [9.17, 15) is 19.5 Å². The van der Waals surface area contributed by atoms with Gasteiger partial charge in [0.2, 0.25) is 0 Å². The van der Waals surface area contributed by atoms with Gasteiger partial charge in [-0.05, 0) is 61.0 Å². The maximum absolute atomic E-state index is 12.4. The number of fused-ring (bicyclic) bond motifs is 1. The molecule has 3 aromatic carbocycles. The van der Waals surface area contributed by atoms with E-state index in [0.717, 1.165) is 10.8 Å². The maximum atomic E-state index is 12.4. The summed E-state index contributed by atoms with van der Waals surface area (Å²) in [6.07, 6.45) is -1.08. The number of ether oxygens (including phenoxy) is 1. The molecule has 1 amide bonds. The van der Waals surface area contributed by atoms with Crippen molar-refractivity contribution in [1.29, 1.82) is 0 Å². The van der Waals surface area contributed by atoms with Gasteiger partial charge in [-0.2, -0.15) is 0 Å². The fourth-order valence-corrected chi connectivity index (χ4v) is 2.70. The molecule has 0 radical (unpaired) electrons. The van der Waals surface area contributed by atoms with Crippen LogP contribution in [0.15, 0.2) is 60.7 Å². The summed E-state index contributed by atoms with van der Waals surface area (Å²) in [6, 6.07) is 16.7. The molecule has 0 aliphatic heterocycles. The average Bonchev–Trinajstić information content (AvgIpc) is 2.67. The van der Waals surface area contributed by atoms with Crippen molar-refractivity contribution in [1.82, 2.24) is 0 Å². The van der Waals surface area contributed by atoms with Gasteiger partial charge in [0.15, 0.2) is 11.9 Å². The molecule has 0 aliphatic rings. The molecule has 6 heteroatoms. The van der Waals surface area contributed by atoms with Crippen LogP contribution in [0.25, 0.3) is 10.8 Å². The number of esters is 1. The van der Waals surface area contributed by atoms with E-state index in [4.69, 9.17) is 4.74 Å². The number of amides is 1. The molecule has 0 aliphatic carbocycles. The number of phenols is 1. The lowest BCUT2D eigenvalue weighted by Gasteiger charge is -2.14. The third-order valence-corrected chi connectivity index (χ3v) is 4.30. The van der Waals surface area contributed by atoms with Crippen molar-refractivity contribution >= 4 is 34.1 Å². The molecule has 0 aromatic heterocycles. The molecule has 0 bridgehead atoms. The lowest BCUT2D eigenvalue weighted by Crippen LogP contribution is -2.30. The number of hydrogen-bond acceptors (Lipinski definition) is 5. The summed E-state index contributed by atoms with van der Waals surface area (Å²) < 4.78 is 5.20. The number of rotatable bonds is 5. The molecule has 28 heavy (non-hydrogen) atoms. The number of carbonyl (C=O) groups excluding carboxylic acids is 3. The van der Waals surface area contributed by atoms with E-state index in [2.05, 4.69) is 5.32 Å². The third-order valence-electron chi connectivity index (χ3n) is 4.30. The van der Waals surface area contributed by atoms with Crippen molar-refractivity contribution in [3.63, 3.8) is 0 Å². The second-order valence-corrected chi connectivity index (χ2v) is 6.39. The molecule has 0 saturated heterocycles. The van der Waals surface area contributed by atoms with Crippen LogP contribution in [0.5, 0.6) is 5.75 Å². The first kappa shape index (κ1) is 19.1. The number of benzene rings is 3. The number of carbonyl (C=O) groups is 3. The van der Waals surface area contributed by atoms with Gasteiger partial charge in [0, 0.05) is 11.3 Å². The molecule has 0 fully saturated rings. The smallest absolute Gasteiger partial charge is 0.342 e. The molecule has 142 valence electrons. The largest absolute Gasteiger partial charge is 0.507 e. The summed E-state index contributed by atoms with van der Waals surface area (Å²) in [5, 5.41) is 14.3. The van der Waals surface area contributed by atoms with Gasteiger partial charge >= 0.3 is 5.97 Å². The van der Waals surface area contributed by atoms with E-state index in [1.807, 2.05) is 24.3 Å². The van der Waals surface area contributed by atoms with Gasteiger partial charge in [-0.3, -0.25) is 9.59 Å². The average molecular weight is 377 g/mol. The van der Waals surface area contributed by atoms with Gasteiger partial charge in [0.1, 0.15) is 11.3 Å². The third kappa shape index (κ3) is 4.17. The first-order chi connectivity index (χ1) is 13.3. The van der Waals surface area contributed by atoms with Crippen LogP contribution in [0.2, 0.25) is 0 Å². The molecule has 0 heterocycles. The summed E-state index contributed by atoms with van der Waals surface area (Å²) in [5.74, 6) is -1.60. The van der Waals surface area contributed by atoms with E-state index in [-0.39, 0.29) is 17.1 Å². The van der Waals surface area contributed by atoms with Crippen molar-refractivity contribution in [3.05, 3.63) is 71.8 Å². The van der Waals surface area contributed by atoms with Crippen molar-refractivity contribution in [2.75, 3.05) is 5.32 Å². The summed E-state index contributed by atoms with van der Waals surface area (Å²) in [4.78, 5) is 36.0. The maximum Gasteiger partial charge on any atom is 0.342 e. The number of nitrogens with one attached hydrogen (secondary N) is 1. The molecular weight excluding hydrogens is 358 g/mol. The molecule has 0 saturated carbocycles. The lowest BCUT2D eigenvalue weighted by molar-refractivity contribution is -0.123. The van der Waals surface area contributed by atoms with Crippen molar-refractivity contribution in [2.24, 2.45) is 0 Å². The van der Waals surface area contributed by atoms with Crippen LogP contribution in [-0.2, 0) is 9.53 Å².